The van der Waals surface area contributed by atoms with Gasteiger partial charge in [0.2, 0.25) is 0 Å². The second kappa shape index (κ2) is 12.7. The van der Waals surface area contributed by atoms with Gasteiger partial charge in [0.05, 0.1) is 31.5 Å². The monoisotopic (exact) mass is 344 g/mol. The first-order chi connectivity index (χ1) is 11.2. The average Bonchev–Trinajstić information content (AvgIpc) is 2.53. The minimum Gasteiger partial charge on any atom is -0.466 e. The van der Waals surface area contributed by atoms with Gasteiger partial charge < -0.3 is 24.8 Å². The first kappa shape index (κ1) is 22.3. The second-order valence-electron chi connectivity index (χ2n) is 5.63. The highest BCUT2D eigenvalue weighted by Gasteiger charge is 2.10. The van der Waals surface area contributed by atoms with Gasteiger partial charge in [0.25, 0.3) is 0 Å². The number of hydrogen-bond donors (Lipinski definition) is 3. The van der Waals surface area contributed by atoms with Crippen molar-refractivity contribution in [3.05, 3.63) is 24.3 Å². The highest BCUT2D eigenvalue weighted by Crippen LogP contribution is 2.08. The van der Waals surface area contributed by atoms with Crippen molar-refractivity contribution in [2.75, 3.05) is 7.11 Å². The summed E-state index contributed by atoms with van der Waals surface area (Å²) in [7, 11) is 1.25. The van der Waals surface area contributed by atoms with Crippen molar-refractivity contribution in [2.24, 2.45) is 0 Å². The quantitative estimate of drug-likeness (QED) is 0.376. The number of carbonyl (C=O) groups is 2. The normalized spacial score (nSPS) is 16.8. The number of hydrogen-bond acceptors (Lipinski definition) is 7. The topological polar surface area (TPSA) is 113 Å². The van der Waals surface area contributed by atoms with Crippen LogP contribution in [0, 0.1) is 0 Å². The van der Waals surface area contributed by atoms with E-state index in [0.29, 0.717) is 25.7 Å². The van der Waals surface area contributed by atoms with Crippen LogP contribution in [0.25, 0.3) is 0 Å². The van der Waals surface area contributed by atoms with E-state index in [4.69, 9.17) is 9.84 Å². The summed E-state index contributed by atoms with van der Waals surface area (Å²) < 4.78 is 9.52. The van der Waals surface area contributed by atoms with Crippen LogP contribution in [0.5, 0.6) is 0 Å². The molecule has 0 amide bonds. The zero-order chi connectivity index (χ0) is 18.5. The number of ether oxygens (including phenoxy) is 2. The molecule has 138 valence electrons. The third kappa shape index (κ3) is 12.8. The van der Waals surface area contributed by atoms with Crippen LogP contribution in [0.2, 0.25) is 0 Å². The molecule has 0 aromatic carbocycles. The van der Waals surface area contributed by atoms with Crippen LogP contribution in [-0.2, 0) is 19.1 Å². The van der Waals surface area contributed by atoms with Crippen LogP contribution >= 0.6 is 0 Å². The Morgan fingerprint density at radius 3 is 1.88 bits per heavy atom. The molecule has 0 saturated heterocycles. The molecule has 0 radical (unpaired) electrons. The number of carbonyl (C=O) groups excluding carboxylic acids is 2. The Labute approximate surface area is 142 Å². The van der Waals surface area contributed by atoms with E-state index in [-0.39, 0.29) is 0 Å². The lowest BCUT2D eigenvalue weighted by Crippen LogP contribution is -2.16. The minimum absolute atomic E-state index is 0.322. The fourth-order valence-corrected chi connectivity index (χ4v) is 1.75. The van der Waals surface area contributed by atoms with E-state index in [9.17, 15) is 19.8 Å². The molecule has 0 aliphatic carbocycles. The van der Waals surface area contributed by atoms with Gasteiger partial charge in [-0.25, -0.2) is 9.59 Å². The van der Waals surface area contributed by atoms with Gasteiger partial charge in [0.15, 0.2) is 0 Å². The Bertz CT molecular complexity index is 429. The SMILES string of the molecule is COC(=O)/C=C\[C@@H](O)CC[C@@H](C)OC(=O)/C=C\[C@@H](O)CC[C@@H](C)O. The van der Waals surface area contributed by atoms with Gasteiger partial charge >= 0.3 is 11.9 Å². The molecule has 0 aliphatic rings. The minimum atomic E-state index is -0.830. The molecule has 24 heavy (non-hydrogen) atoms. The molecule has 0 rings (SSSR count). The number of esters is 2. The van der Waals surface area contributed by atoms with Gasteiger partial charge in [-0.2, -0.15) is 0 Å². The van der Waals surface area contributed by atoms with E-state index in [1.54, 1.807) is 13.8 Å². The fraction of sp³-hybridized carbons (Fsp3) is 0.647. The van der Waals surface area contributed by atoms with Crippen LogP contribution < -0.4 is 0 Å². The standard InChI is InChI=1S/C17H28O7/c1-12(18)4-6-14(19)9-11-17(22)24-13(2)5-7-15(20)8-10-16(21)23-3/h8-15,18-20H,4-7H2,1-3H3/b10-8-,11-9-/t12-,13-,14+,15+/m1/s1. The Balaban J connectivity index is 4.05. The Morgan fingerprint density at radius 2 is 1.38 bits per heavy atom. The largest absolute Gasteiger partial charge is 0.466 e. The fourth-order valence-electron chi connectivity index (χ4n) is 1.75. The van der Waals surface area contributed by atoms with Gasteiger partial charge in [0.1, 0.15) is 0 Å². The van der Waals surface area contributed by atoms with Crippen molar-refractivity contribution in [2.45, 2.75) is 63.9 Å². The summed E-state index contributed by atoms with van der Waals surface area (Å²) in [5, 5.41) is 28.4. The number of methoxy groups -OCH3 is 1. The lowest BCUT2D eigenvalue weighted by molar-refractivity contribution is -0.142. The van der Waals surface area contributed by atoms with Gasteiger partial charge in [-0.3, -0.25) is 0 Å². The van der Waals surface area contributed by atoms with Crippen molar-refractivity contribution >= 4 is 11.9 Å². The maximum atomic E-state index is 11.6. The number of aliphatic hydroxyl groups excluding tert-OH is 3. The van der Waals surface area contributed by atoms with Gasteiger partial charge in [-0.15, -0.1) is 0 Å². The van der Waals surface area contributed by atoms with E-state index in [2.05, 4.69) is 4.74 Å². The molecule has 7 nitrogen and oxygen atoms in total. The molecule has 0 bridgehead atoms. The maximum absolute atomic E-state index is 11.6. The van der Waals surface area contributed by atoms with Crippen LogP contribution in [0.3, 0.4) is 0 Å². The van der Waals surface area contributed by atoms with Crippen molar-refractivity contribution < 1.29 is 34.4 Å². The molecule has 0 fully saturated rings. The summed E-state index contributed by atoms with van der Waals surface area (Å²) in [6.45, 7) is 3.31. The molecule has 0 unspecified atom stereocenters. The van der Waals surface area contributed by atoms with Crippen molar-refractivity contribution in [3.63, 3.8) is 0 Å². The molecular formula is C17H28O7. The molecule has 0 heterocycles. The molecule has 0 saturated carbocycles. The molecule has 0 aromatic heterocycles. The summed E-state index contributed by atoms with van der Waals surface area (Å²) in [6.07, 6.45) is 3.90. The van der Waals surface area contributed by atoms with Crippen LogP contribution in [0.15, 0.2) is 24.3 Å². The highest BCUT2D eigenvalue weighted by molar-refractivity contribution is 5.82. The van der Waals surface area contributed by atoms with Gasteiger partial charge in [-0.1, -0.05) is 0 Å². The summed E-state index contributed by atoms with van der Waals surface area (Å²) in [5.41, 5.74) is 0. The van der Waals surface area contributed by atoms with Crippen molar-refractivity contribution in [1.29, 1.82) is 0 Å². The third-order valence-corrected chi connectivity index (χ3v) is 3.18. The second-order valence-corrected chi connectivity index (χ2v) is 5.63. The lowest BCUT2D eigenvalue weighted by Gasteiger charge is -2.13. The van der Waals surface area contributed by atoms with Gasteiger partial charge in [0, 0.05) is 12.2 Å². The molecule has 0 aromatic rings. The van der Waals surface area contributed by atoms with Crippen LogP contribution in [0.1, 0.15) is 39.5 Å². The molecule has 0 aliphatic heterocycles. The average molecular weight is 344 g/mol. The first-order valence-corrected chi connectivity index (χ1v) is 7.93. The molecule has 3 N–H and O–H groups in total. The lowest BCUT2D eigenvalue weighted by atomic mass is 10.1. The summed E-state index contributed by atoms with van der Waals surface area (Å²) in [4.78, 5) is 22.5. The van der Waals surface area contributed by atoms with E-state index < -0.39 is 36.4 Å². The number of aliphatic hydroxyl groups is 3. The van der Waals surface area contributed by atoms with Gasteiger partial charge in [-0.05, 0) is 51.7 Å². The van der Waals surface area contributed by atoms with E-state index in [0.717, 1.165) is 12.2 Å². The maximum Gasteiger partial charge on any atom is 0.330 e. The van der Waals surface area contributed by atoms with Crippen LogP contribution in [-0.4, -0.2) is 58.8 Å². The van der Waals surface area contributed by atoms with Crippen molar-refractivity contribution in [3.8, 4) is 0 Å². The summed E-state index contributed by atoms with van der Waals surface area (Å²) >= 11 is 0. The molecule has 4 atom stereocenters. The Hall–Kier alpha value is -1.70. The smallest absolute Gasteiger partial charge is 0.330 e. The van der Waals surface area contributed by atoms with E-state index in [1.807, 2.05) is 0 Å². The van der Waals surface area contributed by atoms with Crippen LogP contribution in [0.4, 0.5) is 0 Å². The summed E-state index contributed by atoms with van der Waals surface area (Å²) in [5.74, 6) is -1.13. The number of rotatable bonds is 11. The zero-order valence-electron chi connectivity index (χ0n) is 14.4. The highest BCUT2D eigenvalue weighted by atomic mass is 16.5. The van der Waals surface area contributed by atoms with E-state index >= 15 is 0 Å². The molecule has 7 heteroatoms. The molecular weight excluding hydrogens is 316 g/mol. The van der Waals surface area contributed by atoms with Crippen molar-refractivity contribution in [1.82, 2.24) is 0 Å². The first-order valence-electron chi connectivity index (χ1n) is 7.93. The third-order valence-electron chi connectivity index (χ3n) is 3.18. The zero-order valence-corrected chi connectivity index (χ0v) is 14.4. The Kier molecular flexibility index (Phi) is 11.8. The molecule has 0 spiro atoms. The predicted octanol–water partition coefficient (Wildman–Crippen LogP) is 0.866. The summed E-state index contributed by atoms with van der Waals surface area (Å²) in [6, 6.07) is 0. The Morgan fingerprint density at radius 1 is 0.875 bits per heavy atom. The predicted molar refractivity (Wildman–Crippen MR) is 88.0 cm³/mol. The van der Waals surface area contributed by atoms with E-state index in [1.165, 1.54) is 19.3 Å².